The molecule has 378 valence electrons. The Labute approximate surface area is 427 Å². The first-order valence-electron chi connectivity index (χ1n) is 27.0. The summed E-state index contributed by atoms with van der Waals surface area (Å²) in [6.07, 6.45) is 17.2. The van der Waals surface area contributed by atoms with Gasteiger partial charge in [0.15, 0.2) is 0 Å². The molecule has 8 rings (SSSR count). The molecule has 6 aromatic rings. The molecule has 7 heteroatoms. The summed E-state index contributed by atoms with van der Waals surface area (Å²) in [7, 11) is 0. The van der Waals surface area contributed by atoms with Crippen LogP contribution < -0.4 is 11.1 Å². The number of nitrogens with one attached hydrogen (secondary N) is 1. The van der Waals surface area contributed by atoms with Gasteiger partial charge in [-0.2, -0.15) is 0 Å². The van der Waals surface area contributed by atoms with Crippen molar-refractivity contribution in [2.24, 2.45) is 17.6 Å². The quantitative estimate of drug-likeness (QED) is 0.0414. The molecule has 0 spiro atoms. The largest absolute Gasteiger partial charge is 0.353 e. The van der Waals surface area contributed by atoms with Crippen LogP contribution in [0.25, 0.3) is 0 Å². The first-order valence-corrected chi connectivity index (χ1v) is 27.0. The highest BCUT2D eigenvalue weighted by atomic mass is 17.1. The van der Waals surface area contributed by atoms with Gasteiger partial charge in [0.25, 0.3) is 0 Å². The molecule has 1 amide bonds. The Morgan fingerprint density at radius 2 is 0.789 bits per heavy atom. The number of hydrogen-bond donors (Lipinski definition) is 3. The second-order valence-corrected chi connectivity index (χ2v) is 20.0. The van der Waals surface area contributed by atoms with Crippen LogP contribution in [0.15, 0.2) is 182 Å². The zero-order valence-corrected chi connectivity index (χ0v) is 42.6. The Kier molecular flexibility index (Phi) is 25.7. The second kappa shape index (κ2) is 33.3. The molecule has 7 nitrogen and oxygen atoms in total. The predicted octanol–water partition coefficient (Wildman–Crippen LogP) is 13.2. The molecule has 2 aliphatic heterocycles. The van der Waals surface area contributed by atoms with Crippen LogP contribution in [0.3, 0.4) is 0 Å². The molecule has 2 fully saturated rings. The van der Waals surface area contributed by atoms with Gasteiger partial charge < -0.3 is 11.1 Å². The number of hydrogen-bond acceptors (Lipinski definition) is 6. The van der Waals surface area contributed by atoms with E-state index in [-0.39, 0.29) is 11.8 Å². The van der Waals surface area contributed by atoms with Gasteiger partial charge in [0.05, 0.1) is 6.61 Å². The number of benzene rings is 6. The van der Waals surface area contributed by atoms with Gasteiger partial charge in [-0.25, -0.2) is 4.89 Å². The van der Waals surface area contributed by atoms with Crippen LogP contribution in [0.2, 0.25) is 0 Å². The van der Waals surface area contributed by atoms with Gasteiger partial charge >= 0.3 is 0 Å². The van der Waals surface area contributed by atoms with E-state index < -0.39 is 0 Å². The number of amides is 1. The average Bonchev–Trinajstić information content (AvgIpc) is 3.41. The van der Waals surface area contributed by atoms with Crippen molar-refractivity contribution in [3.05, 3.63) is 215 Å². The molecule has 0 bridgehead atoms. The van der Waals surface area contributed by atoms with Crippen LogP contribution in [-0.2, 0) is 48.5 Å². The van der Waals surface area contributed by atoms with Gasteiger partial charge in [-0.15, -0.1) is 0 Å². The summed E-state index contributed by atoms with van der Waals surface area (Å²) >= 11 is 0. The van der Waals surface area contributed by atoms with Crippen LogP contribution in [0, 0.1) is 11.8 Å². The summed E-state index contributed by atoms with van der Waals surface area (Å²) in [6.45, 7) is 6.92. The molecule has 0 radical (unpaired) electrons. The third-order valence-corrected chi connectivity index (χ3v) is 14.3. The fourth-order valence-corrected chi connectivity index (χ4v) is 10.0. The number of piperidine rings is 2. The first kappa shape index (κ1) is 54.9. The van der Waals surface area contributed by atoms with Crippen molar-refractivity contribution in [1.82, 2.24) is 15.1 Å². The SMILES string of the molecule is NC1CCN(Cc2ccccc2)CC1.O=C(NC1CCN(Cc2ccccc2)CC1)C(CCCc1ccccc1)CCCc1ccccc1.OOCC(CCCc1ccccc1)CCCc1ccccc1. The van der Waals surface area contributed by atoms with E-state index in [0.717, 1.165) is 142 Å². The monoisotopic (exact) mass is 957 g/mol. The zero-order valence-electron chi connectivity index (χ0n) is 42.6. The van der Waals surface area contributed by atoms with Crippen LogP contribution in [0.5, 0.6) is 0 Å². The summed E-state index contributed by atoms with van der Waals surface area (Å²) in [4.78, 5) is 22.7. The Bertz CT molecular complexity index is 2130. The lowest BCUT2D eigenvalue weighted by molar-refractivity contribution is -0.251. The molecule has 0 unspecified atom stereocenters. The maximum Gasteiger partial charge on any atom is 0.223 e. The zero-order chi connectivity index (χ0) is 49.4. The number of nitrogens with two attached hydrogens (primary N) is 1. The van der Waals surface area contributed by atoms with E-state index >= 15 is 0 Å². The van der Waals surface area contributed by atoms with Crippen molar-refractivity contribution in [2.45, 2.75) is 128 Å². The predicted molar refractivity (Wildman–Crippen MR) is 295 cm³/mol. The van der Waals surface area contributed by atoms with Gasteiger partial charge in [-0.05, 0) is 155 Å². The molecular weight excluding hydrogens is 873 g/mol. The molecule has 0 aliphatic carbocycles. The fraction of sp³-hybridized carbons (Fsp3) is 0.422. The maximum absolute atomic E-state index is 13.3. The average molecular weight is 957 g/mol. The third-order valence-electron chi connectivity index (χ3n) is 14.3. The molecule has 0 atom stereocenters. The standard InChI is InChI=1S/C32H40N2O.C20H26O2.C12H18N2/c35-32(33-31-22-24-34(25-23-31)26-29-16-8-3-9-17-29)30(20-10-18-27-12-4-1-5-13-27)21-11-19-28-14-6-2-7-15-28;21-22-17-20(15-7-13-18-9-3-1-4-10-18)16-8-14-19-11-5-2-6-12-19;13-12-6-8-14(9-7-12)10-11-4-2-1-3-5-11/h1-9,12-17,30-31H,10-11,18-26H2,(H,33,35);1-6,9-12,20-21H,7-8,13-17H2;1-5,12H,6-10,13H2. The van der Waals surface area contributed by atoms with Crippen molar-refractivity contribution in [2.75, 3.05) is 32.8 Å². The van der Waals surface area contributed by atoms with E-state index in [2.05, 4.69) is 202 Å². The van der Waals surface area contributed by atoms with E-state index in [0.29, 0.717) is 24.6 Å². The first-order chi connectivity index (χ1) is 35.0. The summed E-state index contributed by atoms with van der Waals surface area (Å²) in [6, 6.07) is 64.5. The number of nitrogens with zero attached hydrogens (tertiary/aromatic N) is 2. The number of rotatable bonds is 24. The molecule has 0 aromatic heterocycles. The molecule has 4 N–H and O–H groups in total. The second-order valence-electron chi connectivity index (χ2n) is 20.0. The summed E-state index contributed by atoms with van der Waals surface area (Å²) in [5.74, 6) is 0.815. The molecule has 2 aliphatic rings. The third kappa shape index (κ3) is 22.7. The van der Waals surface area contributed by atoms with E-state index in [1.165, 1.54) is 33.4 Å². The fourth-order valence-electron chi connectivity index (χ4n) is 10.0. The number of aryl methyl sites for hydroxylation is 4. The highest BCUT2D eigenvalue weighted by Gasteiger charge is 2.25. The summed E-state index contributed by atoms with van der Waals surface area (Å²) in [5.41, 5.74) is 14.1. The molecule has 2 saturated heterocycles. The molecule has 2 heterocycles. The normalized spacial score (nSPS) is 14.6. The lowest BCUT2D eigenvalue weighted by atomic mass is 9.92. The maximum atomic E-state index is 13.3. The molecule has 71 heavy (non-hydrogen) atoms. The van der Waals surface area contributed by atoms with E-state index in [9.17, 15) is 4.79 Å². The van der Waals surface area contributed by atoms with E-state index in [1.54, 1.807) is 0 Å². The number of carbonyl (C=O) groups excluding carboxylic acids is 1. The molecule has 6 aromatic carbocycles. The van der Waals surface area contributed by atoms with Crippen LogP contribution in [-0.4, -0.2) is 65.8 Å². The summed E-state index contributed by atoms with van der Waals surface area (Å²) < 4.78 is 0. The Balaban J connectivity index is 0.000000194. The van der Waals surface area contributed by atoms with Crippen LogP contribution in [0.4, 0.5) is 0 Å². The van der Waals surface area contributed by atoms with Crippen molar-refractivity contribution in [1.29, 1.82) is 0 Å². The van der Waals surface area contributed by atoms with E-state index in [4.69, 9.17) is 11.0 Å². The van der Waals surface area contributed by atoms with Gasteiger partial charge in [-0.1, -0.05) is 182 Å². The summed E-state index contributed by atoms with van der Waals surface area (Å²) in [5, 5.41) is 12.2. The minimum atomic E-state index is 0.102. The highest BCUT2D eigenvalue weighted by Crippen LogP contribution is 2.22. The minimum Gasteiger partial charge on any atom is -0.353 e. The Morgan fingerprint density at radius 3 is 1.13 bits per heavy atom. The van der Waals surface area contributed by atoms with Gasteiger partial charge in [0.1, 0.15) is 0 Å². The minimum absolute atomic E-state index is 0.102. The number of likely N-dealkylation sites (tertiary alicyclic amines) is 2. The Hall–Kier alpha value is -5.41. The number of carbonyl (C=O) groups is 1. The highest BCUT2D eigenvalue weighted by molar-refractivity contribution is 5.79. The van der Waals surface area contributed by atoms with Gasteiger partial charge in [0, 0.05) is 44.2 Å². The molecule has 0 saturated carbocycles. The van der Waals surface area contributed by atoms with Crippen molar-refractivity contribution in [3.8, 4) is 0 Å². The van der Waals surface area contributed by atoms with Crippen molar-refractivity contribution >= 4 is 5.91 Å². The van der Waals surface area contributed by atoms with Crippen LogP contribution >= 0.6 is 0 Å². The lowest BCUT2D eigenvalue weighted by Gasteiger charge is -2.33. The van der Waals surface area contributed by atoms with Gasteiger partial charge in [-0.3, -0.25) is 19.9 Å². The molecular formula is C64H84N4O3. The lowest BCUT2D eigenvalue weighted by Crippen LogP contribution is -2.46. The topological polar surface area (TPSA) is 91.1 Å². The Morgan fingerprint density at radius 1 is 0.479 bits per heavy atom. The van der Waals surface area contributed by atoms with Crippen molar-refractivity contribution < 1.29 is 14.9 Å². The van der Waals surface area contributed by atoms with E-state index in [1.807, 2.05) is 0 Å². The van der Waals surface area contributed by atoms with Crippen LogP contribution in [0.1, 0.15) is 110 Å². The van der Waals surface area contributed by atoms with Crippen molar-refractivity contribution in [3.63, 3.8) is 0 Å². The van der Waals surface area contributed by atoms with Gasteiger partial charge in [0.2, 0.25) is 5.91 Å². The smallest absolute Gasteiger partial charge is 0.223 e.